The average molecular weight is 750 g/mol. The molecule has 0 saturated carbocycles. The van der Waals surface area contributed by atoms with E-state index in [-0.39, 0.29) is 54.1 Å². The van der Waals surface area contributed by atoms with Gasteiger partial charge in [0.25, 0.3) is 0 Å². The Bertz CT molecular complexity index is 1420. The molecule has 7 atom stereocenters. The van der Waals surface area contributed by atoms with Crippen LogP contribution in [0.2, 0.25) is 0 Å². The van der Waals surface area contributed by atoms with Gasteiger partial charge in [0.2, 0.25) is 29.5 Å². The van der Waals surface area contributed by atoms with E-state index in [4.69, 9.17) is 0 Å². The van der Waals surface area contributed by atoms with Gasteiger partial charge in [0.15, 0.2) is 5.78 Å². The zero-order valence-corrected chi connectivity index (χ0v) is 33.6. The van der Waals surface area contributed by atoms with Crippen LogP contribution in [0.15, 0.2) is 60.7 Å². The molecule has 0 unspecified atom stereocenters. The van der Waals surface area contributed by atoms with Crippen molar-refractivity contribution in [3.8, 4) is 0 Å². The summed E-state index contributed by atoms with van der Waals surface area (Å²) >= 11 is 0. The van der Waals surface area contributed by atoms with Crippen molar-refractivity contribution in [2.24, 2.45) is 29.6 Å². The zero-order valence-electron chi connectivity index (χ0n) is 33.6. The highest BCUT2D eigenvalue weighted by atomic mass is 16.3. The molecule has 0 heterocycles. The second kappa shape index (κ2) is 22.0. The number of aliphatic hydroxyl groups is 1. The highest BCUT2D eigenvalue weighted by Crippen LogP contribution is 2.24. The van der Waals surface area contributed by atoms with E-state index >= 15 is 0 Å². The van der Waals surface area contributed by atoms with Gasteiger partial charge in [0.1, 0.15) is 18.1 Å². The molecular formula is C42H63N5O7. The molecule has 2 aromatic rings. The van der Waals surface area contributed by atoms with Crippen molar-refractivity contribution in [1.29, 1.82) is 0 Å². The number of carbonyl (C=O) groups is 6. The highest BCUT2D eigenvalue weighted by molar-refractivity contribution is 5.93. The molecule has 12 nitrogen and oxygen atoms in total. The van der Waals surface area contributed by atoms with E-state index in [2.05, 4.69) is 26.6 Å². The molecule has 0 radical (unpaired) electrons. The normalized spacial score (nSPS) is 15.4. The van der Waals surface area contributed by atoms with Crippen molar-refractivity contribution in [1.82, 2.24) is 26.6 Å². The van der Waals surface area contributed by atoms with Crippen LogP contribution >= 0.6 is 0 Å². The van der Waals surface area contributed by atoms with E-state index in [1.165, 1.54) is 13.8 Å². The van der Waals surface area contributed by atoms with Crippen LogP contribution in [0, 0.1) is 29.6 Å². The summed E-state index contributed by atoms with van der Waals surface area (Å²) in [5.74, 6) is -4.32. The maximum atomic E-state index is 14.2. The summed E-state index contributed by atoms with van der Waals surface area (Å²) in [5, 5.41) is 26.3. The molecule has 0 aliphatic rings. The second-order valence-electron chi connectivity index (χ2n) is 15.7. The van der Waals surface area contributed by atoms with Crippen molar-refractivity contribution >= 4 is 35.3 Å². The lowest BCUT2D eigenvalue weighted by Gasteiger charge is -2.34. The average Bonchev–Trinajstić information content (AvgIpc) is 3.09. The predicted octanol–water partition coefficient (Wildman–Crippen LogP) is 3.50. The van der Waals surface area contributed by atoms with Crippen LogP contribution in [0.25, 0.3) is 0 Å². The van der Waals surface area contributed by atoms with Gasteiger partial charge >= 0.3 is 0 Å². The first kappa shape index (κ1) is 45.6. The van der Waals surface area contributed by atoms with Crippen LogP contribution in [0.5, 0.6) is 0 Å². The van der Waals surface area contributed by atoms with E-state index in [9.17, 15) is 33.9 Å². The third-order valence-electron chi connectivity index (χ3n) is 9.50. The Morgan fingerprint density at radius 3 is 1.24 bits per heavy atom. The van der Waals surface area contributed by atoms with E-state index in [0.29, 0.717) is 6.42 Å². The molecule has 2 aromatic carbocycles. The summed E-state index contributed by atoms with van der Waals surface area (Å²) in [6.45, 7) is 17.1. The monoisotopic (exact) mass is 749 g/mol. The molecule has 0 aliphatic carbocycles. The van der Waals surface area contributed by atoms with Crippen LogP contribution in [0.1, 0.15) is 86.8 Å². The molecule has 0 aliphatic heterocycles. The van der Waals surface area contributed by atoms with Gasteiger partial charge < -0.3 is 31.7 Å². The minimum atomic E-state index is -1.24. The molecule has 12 heteroatoms. The summed E-state index contributed by atoms with van der Waals surface area (Å²) in [7, 11) is 0. The second-order valence-corrected chi connectivity index (χ2v) is 15.7. The van der Waals surface area contributed by atoms with Gasteiger partial charge in [-0.15, -0.1) is 0 Å². The fourth-order valence-electron chi connectivity index (χ4n) is 6.49. The van der Waals surface area contributed by atoms with Gasteiger partial charge in [-0.05, 0) is 53.6 Å². The Morgan fingerprint density at radius 2 is 0.852 bits per heavy atom. The molecular weight excluding hydrogens is 686 g/mol. The van der Waals surface area contributed by atoms with Gasteiger partial charge in [-0.1, -0.05) is 116 Å². The smallest absolute Gasteiger partial charge is 0.243 e. The Kier molecular flexibility index (Phi) is 18.5. The molecule has 298 valence electrons. The molecule has 5 amide bonds. The largest absolute Gasteiger partial charge is 0.391 e. The number of aliphatic hydroxyl groups excluding tert-OH is 1. The van der Waals surface area contributed by atoms with Crippen molar-refractivity contribution in [2.45, 2.75) is 125 Å². The molecule has 0 spiro atoms. The number of benzene rings is 2. The third kappa shape index (κ3) is 14.7. The van der Waals surface area contributed by atoms with E-state index < -0.39 is 60.0 Å². The minimum absolute atomic E-state index is 0.121. The number of Topliss-reactive ketones (excluding diaryl/α,β-unsaturated/α-hetero) is 1. The third-order valence-corrected chi connectivity index (χ3v) is 9.50. The first-order valence-corrected chi connectivity index (χ1v) is 19.1. The molecule has 54 heavy (non-hydrogen) atoms. The number of hydrogen-bond donors (Lipinski definition) is 6. The first-order valence-electron chi connectivity index (χ1n) is 19.1. The van der Waals surface area contributed by atoms with Crippen LogP contribution in [-0.2, 0) is 41.6 Å². The van der Waals surface area contributed by atoms with Crippen molar-refractivity contribution in [3.63, 3.8) is 0 Å². The van der Waals surface area contributed by atoms with Crippen molar-refractivity contribution < 1.29 is 33.9 Å². The fraction of sp³-hybridized carbons (Fsp3) is 0.571. The van der Waals surface area contributed by atoms with Gasteiger partial charge in [-0.2, -0.15) is 0 Å². The van der Waals surface area contributed by atoms with Crippen molar-refractivity contribution in [2.75, 3.05) is 0 Å². The van der Waals surface area contributed by atoms with Crippen LogP contribution < -0.4 is 26.6 Å². The molecule has 0 fully saturated rings. The number of hydrogen-bond acceptors (Lipinski definition) is 7. The predicted molar refractivity (Wildman–Crippen MR) is 210 cm³/mol. The Labute approximate surface area is 321 Å². The lowest BCUT2D eigenvalue weighted by molar-refractivity contribution is -0.134. The number of ketones is 1. The van der Waals surface area contributed by atoms with Crippen molar-refractivity contribution in [3.05, 3.63) is 71.8 Å². The van der Waals surface area contributed by atoms with Crippen LogP contribution in [0.3, 0.4) is 0 Å². The highest BCUT2D eigenvalue weighted by Gasteiger charge is 2.37. The lowest BCUT2D eigenvalue weighted by Crippen LogP contribution is -2.59. The topological polar surface area (TPSA) is 183 Å². The zero-order chi connectivity index (χ0) is 40.7. The summed E-state index contributed by atoms with van der Waals surface area (Å²) < 4.78 is 0. The number of rotatable bonds is 21. The molecule has 0 bridgehead atoms. The molecule has 0 aromatic heterocycles. The standard InChI is InChI=1S/C42H63N5O7/c1-24(2)35(46-41(53)36(25(3)4)43-28(9)48)34(50)23-32(21-30-17-13-11-14-18-30)39(51)33(22-31-19-15-12-16-20-31)45-40(52)38(27(7)8)47-42(54)37(26(5)6)44-29(10)49/h11-20,24-27,32-33,35-39,51H,21-23H2,1-10H3,(H,43,48)(H,44,49)(H,45,52)(H,46,53)(H,47,54)/t32-,33+,35+,36+,37+,38+,39+/m1/s1. The molecule has 6 N–H and O–H groups in total. The Balaban J connectivity index is 2.51. The van der Waals surface area contributed by atoms with E-state index in [1.54, 1.807) is 41.5 Å². The number of amides is 5. The number of carbonyl (C=O) groups excluding carboxylic acids is 6. The van der Waals surface area contributed by atoms with Crippen LogP contribution in [0.4, 0.5) is 0 Å². The van der Waals surface area contributed by atoms with Gasteiger partial charge in [0, 0.05) is 20.3 Å². The quantitative estimate of drug-likeness (QED) is 0.113. The van der Waals surface area contributed by atoms with Gasteiger partial charge in [0.05, 0.1) is 18.2 Å². The van der Waals surface area contributed by atoms with E-state index in [1.807, 2.05) is 74.5 Å². The van der Waals surface area contributed by atoms with E-state index in [0.717, 1.165) is 11.1 Å². The SMILES string of the molecule is CC(=O)N[C@H](C(=O)N[C@H](C(=O)C[C@@H](Cc1ccccc1)[C@H](O)[C@H](Cc1ccccc1)NC(=O)[C@@H](NC(=O)[C@@H](NC(C)=O)C(C)C)C(C)C)C(C)C)C(C)C. The Morgan fingerprint density at radius 1 is 0.500 bits per heavy atom. The minimum Gasteiger partial charge on any atom is -0.391 e. The van der Waals surface area contributed by atoms with Gasteiger partial charge in [-0.25, -0.2) is 0 Å². The summed E-state index contributed by atoms with van der Waals surface area (Å²) in [6.07, 6.45) is -0.838. The lowest BCUT2D eigenvalue weighted by atomic mass is 9.81. The molecule has 2 rings (SSSR count). The Hall–Kier alpha value is -4.58. The maximum Gasteiger partial charge on any atom is 0.243 e. The number of nitrogens with one attached hydrogen (secondary N) is 5. The summed E-state index contributed by atoms with van der Waals surface area (Å²) in [4.78, 5) is 78.7. The first-order chi connectivity index (χ1) is 25.3. The maximum absolute atomic E-state index is 14.2. The van der Waals surface area contributed by atoms with Gasteiger partial charge in [-0.3, -0.25) is 28.8 Å². The summed E-state index contributed by atoms with van der Waals surface area (Å²) in [5.41, 5.74) is 1.71. The summed E-state index contributed by atoms with van der Waals surface area (Å²) in [6, 6.07) is 14.3. The van der Waals surface area contributed by atoms with Crippen LogP contribution in [-0.4, -0.2) is 76.7 Å². The molecule has 0 saturated heterocycles. The fourth-order valence-corrected chi connectivity index (χ4v) is 6.49.